The van der Waals surface area contributed by atoms with Crippen LogP contribution in [-0.4, -0.2) is 32.7 Å². The Morgan fingerprint density at radius 1 is 1.56 bits per heavy atom. The Balaban J connectivity index is 1.86. The molecule has 3 rings (SSSR count). The number of hydrogen-bond acceptors (Lipinski definition) is 5. The fourth-order valence-electron chi connectivity index (χ4n) is 2.07. The van der Waals surface area contributed by atoms with Crippen LogP contribution in [0.3, 0.4) is 0 Å². The second kappa shape index (κ2) is 3.71. The average Bonchev–Trinajstić information content (AvgIpc) is 2.86. The molecule has 0 aliphatic carbocycles. The zero-order valence-corrected chi connectivity index (χ0v) is 8.93. The van der Waals surface area contributed by atoms with Crippen molar-refractivity contribution in [2.45, 2.75) is 12.8 Å². The maximum Gasteiger partial charge on any atom is 0.252 e. The fraction of sp³-hybridized carbons (Fsp3) is 0.500. The van der Waals surface area contributed by atoms with Gasteiger partial charge in [-0.2, -0.15) is 4.98 Å². The molecule has 3 heterocycles. The zero-order valence-electron chi connectivity index (χ0n) is 8.93. The van der Waals surface area contributed by atoms with Crippen molar-refractivity contribution in [2.24, 2.45) is 5.92 Å². The Hall–Kier alpha value is -1.69. The number of hydrogen-bond donors (Lipinski definition) is 2. The number of fused-ring (bicyclic) bond motifs is 1. The first kappa shape index (κ1) is 9.53. The van der Waals surface area contributed by atoms with E-state index in [4.69, 9.17) is 5.73 Å². The van der Waals surface area contributed by atoms with Crippen LogP contribution in [0.2, 0.25) is 0 Å². The third-order valence-electron chi connectivity index (χ3n) is 2.89. The first-order valence-corrected chi connectivity index (χ1v) is 5.49. The topological polar surface area (TPSA) is 81.1 Å². The van der Waals surface area contributed by atoms with Crippen LogP contribution >= 0.6 is 0 Å². The van der Waals surface area contributed by atoms with Gasteiger partial charge in [0.15, 0.2) is 5.82 Å². The molecule has 3 N–H and O–H groups in total. The van der Waals surface area contributed by atoms with E-state index in [1.54, 1.807) is 16.9 Å². The molecule has 1 aliphatic heterocycles. The van der Waals surface area contributed by atoms with Crippen molar-refractivity contribution >= 4 is 11.5 Å². The average molecular weight is 218 g/mol. The molecular formula is C10H14N6. The summed E-state index contributed by atoms with van der Waals surface area (Å²) in [7, 11) is 0. The van der Waals surface area contributed by atoms with Gasteiger partial charge in [-0.3, -0.25) is 0 Å². The van der Waals surface area contributed by atoms with Gasteiger partial charge in [-0.05, 0) is 25.4 Å². The van der Waals surface area contributed by atoms with Crippen molar-refractivity contribution in [1.82, 2.24) is 24.9 Å². The van der Waals surface area contributed by atoms with Gasteiger partial charge >= 0.3 is 0 Å². The Morgan fingerprint density at radius 3 is 3.31 bits per heavy atom. The van der Waals surface area contributed by atoms with Crippen LogP contribution in [0.5, 0.6) is 0 Å². The van der Waals surface area contributed by atoms with Gasteiger partial charge in [0.1, 0.15) is 0 Å². The Labute approximate surface area is 92.9 Å². The highest BCUT2D eigenvalue weighted by molar-refractivity contribution is 5.38. The number of anilines is 1. The van der Waals surface area contributed by atoms with Gasteiger partial charge in [-0.1, -0.05) is 0 Å². The molecule has 2 aromatic rings. The van der Waals surface area contributed by atoms with Crippen LogP contribution < -0.4 is 11.1 Å². The van der Waals surface area contributed by atoms with Crippen LogP contribution in [0.15, 0.2) is 12.4 Å². The number of aromatic nitrogens is 4. The summed E-state index contributed by atoms with van der Waals surface area (Å²) < 4.78 is 1.65. The second-order valence-corrected chi connectivity index (χ2v) is 4.22. The molecule has 0 aromatic carbocycles. The van der Waals surface area contributed by atoms with Crippen molar-refractivity contribution < 1.29 is 0 Å². The summed E-state index contributed by atoms with van der Waals surface area (Å²) >= 11 is 0. The number of rotatable bonds is 2. The Kier molecular flexibility index (Phi) is 2.21. The van der Waals surface area contributed by atoms with Crippen LogP contribution in [0.4, 0.5) is 5.69 Å². The highest BCUT2D eigenvalue weighted by Crippen LogP contribution is 2.13. The molecule has 0 amide bonds. The molecule has 1 atom stereocenters. The van der Waals surface area contributed by atoms with Crippen molar-refractivity contribution in [3.63, 3.8) is 0 Å². The molecule has 6 heteroatoms. The van der Waals surface area contributed by atoms with Gasteiger partial charge in [0.05, 0.1) is 18.1 Å². The number of nitrogens with one attached hydrogen (secondary N) is 1. The third-order valence-corrected chi connectivity index (χ3v) is 2.89. The normalized spacial score (nSPS) is 20.6. The molecule has 2 aromatic heterocycles. The van der Waals surface area contributed by atoms with Crippen LogP contribution in [0, 0.1) is 5.92 Å². The van der Waals surface area contributed by atoms with E-state index in [-0.39, 0.29) is 0 Å². The molecule has 16 heavy (non-hydrogen) atoms. The summed E-state index contributed by atoms with van der Waals surface area (Å²) in [5, 5.41) is 7.71. The van der Waals surface area contributed by atoms with Gasteiger partial charge in [0, 0.05) is 6.42 Å². The number of nitrogen functional groups attached to an aromatic ring is 1. The van der Waals surface area contributed by atoms with E-state index in [2.05, 4.69) is 20.4 Å². The second-order valence-electron chi connectivity index (χ2n) is 4.22. The van der Waals surface area contributed by atoms with Crippen molar-refractivity contribution in [3.05, 3.63) is 18.2 Å². The molecule has 1 fully saturated rings. The lowest BCUT2D eigenvalue weighted by Gasteiger charge is -2.02. The minimum absolute atomic E-state index is 0.603. The molecule has 1 saturated heterocycles. The molecule has 6 nitrogen and oxygen atoms in total. The summed E-state index contributed by atoms with van der Waals surface area (Å²) in [4.78, 5) is 8.50. The number of nitrogens with two attached hydrogens (primary N) is 1. The van der Waals surface area contributed by atoms with Crippen LogP contribution in [0.1, 0.15) is 12.2 Å². The van der Waals surface area contributed by atoms with Gasteiger partial charge < -0.3 is 11.1 Å². The van der Waals surface area contributed by atoms with E-state index < -0.39 is 0 Å². The van der Waals surface area contributed by atoms with Crippen LogP contribution in [0.25, 0.3) is 5.78 Å². The van der Waals surface area contributed by atoms with Gasteiger partial charge in [-0.25, -0.2) is 9.50 Å². The summed E-state index contributed by atoms with van der Waals surface area (Å²) in [6.07, 6.45) is 5.46. The quantitative estimate of drug-likeness (QED) is 0.733. The lowest BCUT2D eigenvalue weighted by Crippen LogP contribution is -2.11. The zero-order chi connectivity index (χ0) is 11.0. The summed E-state index contributed by atoms with van der Waals surface area (Å²) in [6, 6.07) is 0. The molecule has 84 valence electrons. The lowest BCUT2D eigenvalue weighted by molar-refractivity contribution is 0.561. The largest absolute Gasteiger partial charge is 0.396 e. The molecule has 1 aliphatic rings. The maximum absolute atomic E-state index is 5.64. The monoisotopic (exact) mass is 218 g/mol. The highest BCUT2D eigenvalue weighted by Gasteiger charge is 2.17. The number of nitrogens with zero attached hydrogens (tertiary/aromatic N) is 4. The third kappa shape index (κ3) is 1.71. The minimum atomic E-state index is 0.603. The van der Waals surface area contributed by atoms with Gasteiger partial charge in [-0.15, -0.1) is 5.10 Å². The summed E-state index contributed by atoms with van der Waals surface area (Å²) in [5.41, 5.74) is 6.24. The van der Waals surface area contributed by atoms with E-state index in [9.17, 15) is 0 Å². The smallest absolute Gasteiger partial charge is 0.252 e. The van der Waals surface area contributed by atoms with E-state index in [1.165, 1.54) is 6.42 Å². The van der Waals surface area contributed by atoms with Crippen LogP contribution in [-0.2, 0) is 6.42 Å². The van der Waals surface area contributed by atoms with E-state index in [1.807, 2.05) is 0 Å². The van der Waals surface area contributed by atoms with Crippen molar-refractivity contribution in [2.75, 3.05) is 18.8 Å². The molecule has 0 radical (unpaired) electrons. The van der Waals surface area contributed by atoms with Crippen molar-refractivity contribution in [3.8, 4) is 0 Å². The highest BCUT2D eigenvalue weighted by atomic mass is 15.3. The lowest BCUT2D eigenvalue weighted by atomic mass is 10.1. The minimum Gasteiger partial charge on any atom is -0.396 e. The van der Waals surface area contributed by atoms with Crippen molar-refractivity contribution in [1.29, 1.82) is 0 Å². The molecule has 0 saturated carbocycles. The fourth-order valence-corrected chi connectivity index (χ4v) is 2.07. The Morgan fingerprint density at radius 2 is 2.50 bits per heavy atom. The standard InChI is InChI=1S/C10H14N6/c11-8-5-13-10-14-9(15-16(10)6-8)3-7-1-2-12-4-7/h5-7,12H,1-4,11H2. The van der Waals surface area contributed by atoms with E-state index in [0.717, 1.165) is 25.3 Å². The van der Waals surface area contributed by atoms with E-state index >= 15 is 0 Å². The molecule has 1 unspecified atom stereocenters. The molecule has 0 spiro atoms. The Bertz CT molecular complexity index is 499. The van der Waals surface area contributed by atoms with Gasteiger partial charge in [0.2, 0.25) is 0 Å². The van der Waals surface area contributed by atoms with Gasteiger partial charge in [0.25, 0.3) is 5.78 Å². The molecule has 0 bridgehead atoms. The molecular weight excluding hydrogens is 204 g/mol. The maximum atomic E-state index is 5.64. The predicted octanol–water partition coefficient (Wildman–Crippen LogP) is -0.141. The summed E-state index contributed by atoms with van der Waals surface area (Å²) in [5.74, 6) is 2.12. The van der Waals surface area contributed by atoms with E-state index in [0.29, 0.717) is 17.4 Å². The first-order valence-electron chi connectivity index (χ1n) is 5.49. The first-order chi connectivity index (χ1) is 7.81. The predicted molar refractivity (Wildman–Crippen MR) is 59.9 cm³/mol. The SMILES string of the molecule is Nc1cnc2nc(CC3CCNC3)nn2c1. The summed E-state index contributed by atoms with van der Waals surface area (Å²) in [6.45, 7) is 2.16.